The first-order chi connectivity index (χ1) is 17.9. The molecule has 0 fully saturated rings. The Bertz CT molecular complexity index is 1380. The SMILES string of the molecule is COC(=O)Cc1cccc(Oc2ccc(-c3noc(C)c3NC(=O)OCCc3ccccc3F)cc2)c1. The fourth-order valence-electron chi connectivity index (χ4n) is 3.58. The number of anilines is 1. The van der Waals surface area contributed by atoms with Crippen molar-refractivity contribution < 1.29 is 32.7 Å². The Hall–Kier alpha value is -4.66. The van der Waals surface area contributed by atoms with E-state index in [9.17, 15) is 14.0 Å². The summed E-state index contributed by atoms with van der Waals surface area (Å²) >= 11 is 0. The molecule has 0 aliphatic carbocycles. The number of benzene rings is 3. The number of carbonyl (C=O) groups is 2. The standard InChI is InChI=1S/C28H25FN2O6/c1-18-26(30-28(33)35-15-14-20-7-3-4-9-24(20)29)27(31-37-18)21-10-12-22(13-11-21)36-23-8-5-6-19(16-23)17-25(32)34-2/h3-13,16H,14-15,17H2,1-2H3,(H,30,33). The van der Waals surface area contributed by atoms with Crippen LogP contribution in [-0.4, -0.2) is 30.9 Å². The molecule has 190 valence electrons. The number of aryl methyl sites for hydroxylation is 1. The van der Waals surface area contributed by atoms with Gasteiger partial charge in [-0.2, -0.15) is 0 Å². The second-order valence-electron chi connectivity index (χ2n) is 8.09. The quantitative estimate of drug-likeness (QED) is 0.275. The lowest BCUT2D eigenvalue weighted by atomic mass is 10.1. The van der Waals surface area contributed by atoms with E-state index in [1.165, 1.54) is 13.2 Å². The Morgan fingerprint density at radius 2 is 1.78 bits per heavy atom. The van der Waals surface area contributed by atoms with Gasteiger partial charge in [0.2, 0.25) is 0 Å². The summed E-state index contributed by atoms with van der Waals surface area (Å²) in [5.41, 5.74) is 2.73. The molecule has 37 heavy (non-hydrogen) atoms. The van der Waals surface area contributed by atoms with Gasteiger partial charge in [0.1, 0.15) is 28.7 Å². The molecule has 0 saturated heterocycles. The Kier molecular flexibility index (Phi) is 8.15. The zero-order valence-corrected chi connectivity index (χ0v) is 20.3. The van der Waals surface area contributed by atoms with Crippen molar-refractivity contribution in [2.24, 2.45) is 0 Å². The van der Waals surface area contributed by atoms with Gasteiger partial charge in [0.25, 0.3) is 0 Å². The van der Waals surface area contributed by atoms with E-state index in [4.69, 9.17) is 18.7 Å². The van der Waals surface area contributed by atoms with Crippen molar-refractivity contribution in [1.82, 2.24) is 5.16 Å². The van der Waals surface area contributed by atoms with Crippen molar-refractivity contribution in [1.29, 1.82) is 0 Å². The summed E-state index contributed by atoms with van der Waals surface area (Å²) in [6.45, 7) is 1.68. The van der Waals surface area contributed by atoms with Gasteiger partial charge in [-0.25, -0.2) is 9.18 Å². The lowest BCUT2D eigenvalue weighted by Crippen LogP contribution is -2.16. The van der Waals surface area contributed by atoms with Crippen molar-refractivity contribution in [3.63, 3.8) is 0 Å². The van der Waals surface area contributed by atoms with E-state index in [2.05, 4.69) is 10.5 Å². The monoisotopic (exact) mass is 504 g/mol. The number of nitrogens with one attached hydrogen (secondary N) is 1. The molecule has 4 rings (SSSR count). The van der Waals surface area contributed by atoms with Gasteiger partial charge in [0.05, 0.1) is 20.1 Å². The number of nitrogens with zero attached hydrogens (tertiary/aromatic N) is 1. The van der Waals surface area contributed by atoms with Crippen molar-refractivity contribution in [2.45, 2.75) is 19.8 Å². The first-order valence-corrected chi connectivity index (χ1v) is 11.5. The highest BCUT2D eigenvalue weighted by molar-refractivity contribution is 5.91. The average molecular weight is 505 g/mol. The minimum atomic E-state index is -0.698. The molecule has 4 aromatic rings. The zero-order chi connectivity index (χ0) is 26.2. The second kappa shape index (κ2) is 11.9. The molecular weight excluding hydrogens is 479 g/mol. The summed E-state index contributed by atoms with van der Waals surface area (Å²) in [6, 6.07) is 20.6. The minimum Gasteiger partial charge on any atom is -0.469 e. The van der Waals surface area contributed by atoms with Crippen LogP contribution in [0.5, 0.6) is 11.5 Å². The molecule has 0 saturated carbocycles. The van der Waals surface area contributed by atoms with Crippen LogP contribution in [0.4, 0.5) is 14.9 Å². The fraction of sp³-hybridized carbons (Fsp3) is 0.179. The van der Waals surface area contributed by atoms with Gasteiger partial charge in [-0.05, 0) is 60.5 Å². The maximum absolute atomic E-state index is 13.7. The number of esters is 1. The number of carbonyl (C=O) groups excluding carboxylic acids is 2. The lowest BCUT2D eigenvalue weighted by molar-refractivity contribution is -0.139. The summed E-state index contributed by atoms with van der Waals surface area (Å²) in [6.07, 6.45) is -0.294. The van der Waals surface area contributed by atoms with Gasteiger partial charge in [0, 0.05) is 12.0 Å². The predicted molar refractivity (Wildman–Crippen MR) is 134 cm³/mol. The van der Waals surface area contributed by atoms with Crippen LogP contribution in [0.15, 0.2) is 77.3 Å². The van der Waals surface area contributed by atoms with Gasteiger partial charge in [-0.1, -0.05) is 35.5 Å². The molecule has 0 spiro atoms. The minimum absolute atomic E-state index is 0.0132. The molecule has 0 aliphatic heterocycles. The maximum atomic E-state index is 13.7. The van der Waals surface area contributed by atoms with Gasteiger partial charge in [-0.15, -0.1) is 0 Å². The van der Waals surface area contributed by atoms with Crippen molar-refractivity contribution in [3.8, 4) is 22.8 Å². The van der Waals surface area contributed by atoms with E-state index in [-0.39, 0.29) is 31.2 Å². The van der Waals surface area contributed by atoms with Crippen LogP contribution in [0.3, 0.4) is 0 Å². The van der Waals surface area contributed by atoms with Crippen LogP contribution in [-0.2, 0) is 27.1 Å². The average Bonchev–Trinajstić information content (AvgIpc) is 3.25. The van der Waals surface area contributed by atoms with Gasteiger partial charge in [0.15, 0.2) is 5.76 Å². The Morgan fingerprint density at radius 1 is 1.00 bits per heavy atom. The first-order valence-electron chi connectivity index (χ1n) is 11.5. The molecule has 0 unspecified atom stereocenters. The van der Waals surface area contributed by atoms with E-state index in [1.807, 2.05) is 6.07 Å². The van der Waals surface area contributed by atoms with Crippen LogP contribution in [0, 0.1) is 12.7 Å². The molecule has 9 heteroatoms. The van der Waals surface area contributed by atoms with E-state index < -0.39 is 6.09 Å². The molecule has 0 aliphatic rings. The first kappa shape index (κ1) is 25.4. The molecule has 0 atom stereocenters. The third-order valence-electron chi connectivity index (χ3n) is 5.49. The number of aromatic nitrogens is 1. The summed E-state index contributed by atoms with van der Waals surface area (Å²) in [5.74, 6) is 0.879. The molecule has 1 amide bonds. The molecule has 3 aromatic carbocycles. The molecule has 8 nitrogen and oxygen atoms in total. The molecule has 0 radical (unpaired) electrons. The highest BCUT2D eigenvalue weighted by atomic mass is 19.1. The van der Waals surface area contributed by atoms with E-state index in [1.54, 1.807) is 67.6 Å². The third kappa shape index (κ3) is 6.72. The summed E-state index contributed by atoms with van der Waals surface area (Å²) < 4.78 is 34.8. The number of ether oxygens (including phenoxy) is 3. The molecule has 1 heterocycles. The smallest absolute Gasteiger partial charge is 0.411 e. The highest BCUT2D eigenvalue weighted by Crippen LogP contribution is 2.32. The van der Waals surface area contributed by atoms with Gasteiger partial charge < -0.3 is 18.7 Å². The molecular formula is C28H25FN2O6. The Balaban J connectivity index is 1.38. The number of methoxy groups -OCH3 is 1. The molecule has 1 N–H and O–H groups in total. The number of rotatable bonds is 9. The summed E-state index contributed by atoms with van der Waals surface area (Å²) in [4.78, 5) is 23.9. The normalized spacial score (nSPS) is 10.6. The van der Waals surface area contributed by atoms with Crippen molar-refractivity contribution >= 4 is 17.7 Å². The zero-order valence-electron chi connectivity index (χ0n) is 20.3. The second-order valence-corrected chi connectivity index (χ2v) is 8.09. The Morgan fingerprint density at radius 3 is 2.54 bits per heavy atom. The number of hydrogen-bond acceptors (Lipinski definition) is 7. The van der Waals surface area contributed by atoms with Crippen LogP contribution >= 0.6 is 0 Å². The summed E-state index contributed by atoms with van der Waals surface area (Å²) in [7, 11) is 1.35. The highest BCUT2D eigenvalue weighted by Gasteiger charge is 2.18. The van der Waals surface area contributed by atoms with Crippen LogP contribution in [0.1, 0.15) is 16.9 Å². The third-order valence-corrected chi connectivity index (χ3v) is 5.49. The van der Waals surface area contributed by atoms with Gasteiger partial charge in [-0.3, -0.25) is 10.1 Å². The molecule has 0 bridgehead atoms. The lowest BCUT2D eigenvalue weighted by Gasteiger charge is -2.09. The Labute approximate surface area is 213 Å². The fourth-order valence-corrected chi connectivity index (χ4v) is 3.58. The van der Waals surface area contributed by atoms with E-state index in [0.717, 1.165) is 5.56 Å². The number of halogens is 1. The van der Waals surface area contributed by atoms with Crippen molar-refractivity contribution in [2.75, 3.05) is 19.0 Å². The number of amides is 1. The van der Waals surface area contributed by atoms with E-state index >= 15 is 0 Å². The van der Waals surface area contributed by atoms with Crippen molar-refractivity contribution in [3.05, 3.63) is 95.5 Å². The number of hydrogen-bond donors (Lipinski definition) is 1. The molecule has 1 aromatic heterocycles. The topological polar surface area (TPSA) is 99.9 Å². The maximum Gasteiger partial charge on any atom is 0.411 e. The van der Waals surface area contributed by atoms with Crippen LogP contribution in [0.2, 0.25) is 0 Å². The van der Waals surface area contributed by atoms with Crippen LogP contribution < -0.4 is 10.1 Å². The van der Waals surface area contributed by atoms with Gasteiger partial charge >= 0.3 is 12.1 Å². The summed E-state index contributed by atoms with van der Waals surface area (Å²) in [5, 5.41) is 6.72. The largest absolute Gasteiger partial charge is 0.469 e. The predicted octanol–water partition coefficient (Wildman–Crippen LogP) is 6.09. The van der Waals surface area contributed by atoms with Crippen LogP contribution in [0.25, 0.3) is 11.3 Å². The van der Waals surface area contributed by atoms with E-state index in [0.29, 0.717) is 39.8 Å².